The second-order valence-electron chi connectivity index (χ2n) is 6.08. The molecule has 7 heteroatoms. The molecule has 7 nitrogen and oxygen atoms in total. The monoisotopic (exact) mass is 324 g/mol. The minimum Gasteiger partial charge on any atom is -0.383 e. The highest BCUT2D eigenvalue weighted by molar-refractivity contribution is 5.95. The first kappa shape index (κ1) is 19.0. The number of hydrogen-bond acceptors (Lipinski definition) is 4. The molecule has 0 spiro atoms. The van der Waals surface area contributed by atoms with E-state index in [1.807, 2.05) is 20.8 Å². The first-order valence-electron chi connectivity index (χ1n) is 8.26. The fourth-order valence-electron chi connectivity index (χ4n) is 2.32. The first-order chi connectivity index (χ1) is 10.8. The molecule has 23 heavy (non-hydrogen) atoms. The van der Waals surface area contributed by atoms with Crippen molar-refractivity contribution in [1.82, 2.24) is 9.55 Å². The molecule has 0 saturated heterocycles. The van der Waals surface area contributed by atoms with Crippen LogP contribution in [0.5, 0.6) is 0 Å². The lowest BCUT2D eigenvalue weighted by Crippen LogP contribution is -2.41. The molecular weight excluding hydrogens is 296 g/mol. The summed E-state index contributed by atoms with van der Waals surface area (Å²) in [4.78, 5) is 40.2. The molecule has 0 radical (unpaired) electrons. The number of nitrogens with two attached hydrogens (primary N) is 1. The van der Waals surface area contributed by atoms with Gasteiger partial charge < -0.3 is 10.6 Å². The van der Waals surface area contributed by atoms with Crippen LogP contribution in [-0.2, 0) is 11.3 Å². The van der Waals surface area contributed by atoms with Gasteiger partial charge in [0.2, 0.25) is 5.91 Å². The van der Waals surface area contributed by atoms with Crippen LogP contribution >= 0.6 is 0 Å². The van der Waals surface area contributed by atoms with Gasteiger partial charge in [-0.15, -0.1) is 0 Å². The van der Waals surface area contributed by atoms with Crippen LogP contribution < -0.4 is 21.9 Å². The summed E-state index contributed by atoms with van der Waals surface area (Å²) < 4.78 is 1.34. The zero-order valence-electron chi connectivity index (χ0n) is 14.5. The number of nitrogens with one attached hydrogen (secondary N) is 1. The molecule has 1 heterocycles. The third kappa shape index (κ3) is 4.71. The number of hydrogen-bond donors (Lipinski definition) is 2. The van der Waals surface area contributed by atoms with E-state index in [9.17, 15) is 14.4 Å². The molecule has 0 aliphatic heterocycles. The van der Waals surface area contributed by atoms with E-state index in [1.165, 1.54) is 9.47 Å². The van der Waals surface area contributed by atoms with Crippen molar-refractivity contribution in [3.63, 3.8) is 0 Å². The van der Waals surface area contributed by atoms with Crippen molar-refractivity contribution in [3.05, 3.63) is 20.8 Å². The maximum absolute atomic E-state index is 12.3. The molecule has 130 valence electrons. The standard InChI is InChI=1S/C16H28N4O3/c1-5-7-9-20-14(17)13(15(22)18-16(20)23)19(12(21)6-2)10-8-11(3)4/h11H,5-10,17H2,1-4H3,(H,18,22,23). The molecule has 0 bridgehead atoms. The van der Waals surface area contributed by atoms with E-state index < -0.39 is 11.2 Å². The fourth-order valence-corrected chi connectivity index (χ4v) is 2.32. The lowest BCUT2D eigenvalue weighted by atomic mass is 10.1. The molecule has 0 unspecified atom stereocenters. The summed E-state index contributed by atoms with van der Waals surface area (Å²) in [6, 6.07) is 0. The van der Waals surface area contributed by atoms with Crippen molar-refractivity contribution in [2.24, 2.45) is 5.92 Å². The van der Waals surface area contributed by atoms with E-state index in [4.69, 9.17) is 5.73 Å². The van der Waals surface area contributed by atoms with Gasteiger partial charge in [-0.25, -0.2) is 4.79 Å². The lowest BCUT2D eigenvalue weighted by molar-refractivity contribution is -0.118. The highest BCUT2D eigenvalue weighted by Crippen LogP contribution is 2.19. The van der Waals surface area contributed by atoms with E-state index >= 15 is 0 Å². The molecule has 0 saturated carbocycles. The van der Waals surface area contributed by atoms with Gasteiger partial charge in [-0.1, -0.05) is 34.1 Å². The minimum atomic E-state index is -0.606. The zero-order chi connectivity index (χ0) is 17.6. The smallest absolute Gasteiger partial charge is 0.330 e. The average molecular weight is 324 g/mol. The Labute approximate surface area is 136 Å². The minimum absolute atomic E-state index is 0.0674. The van der Waals surface area contributed by atoms with Crippen LogP contribution in [0.1, 0.15) is 53.4 Å². The van der Waals surface area contributed by atoms with Gasteiger partial charge in [0.25, 0.3) is 5.56 Å². The predicted molar refractivity (Wildman–Crippen MR) is 92.7 cm³/mol. The van der Waals surface area contributed by atoms with Crippen molar-refractivity contribution in [1.29, 1.82) is 0 Å². The number of carbonyl (C=O) groups excluding carboxylic acids is 1. The number of aromatic nitrogens is 2. The number of unbranched alkanes of at least 4 members (excludes halogenated alkanes) is 1. The van der Waals surface area contributed by atoms with Gasteiger partial charge in [-0.05, 0) is 18.8 Å². The van der Waals surface area contributed by atoms with E-state index in [-0.39, 0.29) is 23.8 Å². The number of nitrogen functional groups attached to an aromatic ring is 1. The van der Waals surface area contributed by atoms with Crippen LogP contribution in [-0.4, -0.2) is 22.0 Å². The Hall–Kier alpha value is -2.05. The average Bonchev–Trinajstić information content (AvgIpc) is 2.49. The zero-order valence-corrected chi connectivity index (χ0v) is 14.5. The number of amides is 1. The second kappa shape index (κ2) is 8.55. The highest BCUT2D eigenvalue weighted by Gasteiger charge is 2.23. The van der Waals surface area contributed by atoms with Crippen molar-refractivity contribution in [3.8, 4) is 0 Å². The number of H-pyrrole nitrogens is 1. The van der Waals surface area contributed by atoms with Crippen LogP contribution in [0, 0.1) is 5.92 Å². The van der Waals surface area contributed by atoms with Crippen molar-refractivity contribution in [2.75, 3.05) is 17.2 Å². The molecule has 1 rings (SSSR count). The van der Waals surface area contributed by atoms with Gasteiger partial charge in [0, 0.05) is 19.5 Å². The molecule has 3 N–H and O–H groups in total. The molecule has 1 amide bonds. The van der Waals surface area contributed by atoms with E-state index in [1.54, 1.807) is 6.92 Å². The second-order valence-corrected chi connectivity index (χ2v) is 6.08. The van der Waals surface area contributed by atoms with Crippen LogP contribution in [0.4, 0.5) is 11.5 Å². The lowest BCUT2D eigenvalue weighted by Gasteiger charge is -2.25. The Kier molecular flexibility index (Phi) is 7.06. The van der Waals surface area contributed by atoms with Crippen molar-refractivity contribution in [2.45, 2.75) is 59.9 Å². The van der Waals surface area contributed by atoms with E-state index in [2.05, 4.69) is 4.98 Å². The Morgan fingerprint density at radius 1 is 1.30 bits per heavy atom. The Morgan fingerprint density at radius 3 is 2.48 bits per heavy atom. The molecule has 0 atom stereocenters. The van der Waals surface area contributed by atoms with Gasteiger partial charge in [0.05, 0.1) is 0 Å². The number of aromatic amines is 1. The molecule has 0 aliphatic rings. The van der Waals surface area contributed by atoms with Crippen LogP contribution in [0.25, 0.3) is 0 Å². The molecule has 0 aliphatic carbocycles. The predicted octanol–water partition coefficient (Wildman–Crippen LogP) is 1.71. The number of anilines is 2. The van der Waals surface area contributed by atoms with Crippen LogP contribution in [0.3, 0.4) is 0 Å². The summed E-state index contributed by atoms with van der Waals surface area (Å²) in [7, 11) is 0. The molecule has 1 aromatic heterocycles. The van der Waals surface area contributed by atoms with Gasteiger partial charge in [-0.2, -0.15) is 0 Å². The van der Waals surface area contributed by atoms with Crippen molar-refractivity contribution < 1.29 is 4.79 Å². The summed E-state index contributed by atoms with van der Waals surface area (Å²) >= 11 is 0. The molecule has 0 fully saturated rings. The molecule has 1 aromatic rings. The number of rotatable bonds is 8. The fraction of sp³-hybridized carbons (Fsp3) is 0.688. The third-order valence-corrected chi connectivity index (χ3v) is 3.75. The van der Waals surface area contributed by atoms with E-state index in [0.29, 0.717) is 19.0 Å². The summed E-state index contributed by atoms with van der Waals surface area (Å²) in [6.07, 6.45) is 2.68. The van der Waals surface area contributed by atoms with E-state index in [0.717, 1.165) is 19.3 Å². The SMILES string of the molecule is CCCCn1c(N)c(N(CCC(C)C)C(=O)CC)c(=O)[nH]c1=O. The Morgan fingerprint density at radius 2 is 1.96 bits per heavy atom. The summed E-state index contributed by atoms with van der Waals surface area (Å²) in [5, 5.41) is 0. The van der Waals surface area contributed by atoms with Gasteiger partial charge >= 0.3 is 5.69 Å². The summed E-state index contributed by atoms with van der Waals surface area (Å²) in [5.41, 5.74) is 5.03. The highest BCUT2D eigenvalue weighted by atomic mass is 16.2. The topological polar surface area (TPSA) is 101 Å². The van der Waals surface area contributed by atoms with Crippen LogP contribution in [0.15, 0.2) is 9.59 Å². The van der Waals surface area contributed by atoms with Gasteiger partial charge in [0.15, 0.2) is 5.69 Å². The maximum Gasteiger partial charge on any atom is 0.330 e. The summed E-state index contributed by atoms with van der Waals surface area (Å²) in [5.74, 6) is 0.273. The Balaban J connectivity index is 3.37. The number of carbonyl (C=O) groups is 1. The normalized spacial score (nSPS) is 11.0. The van der Waals surface area contributed by atoms with Gasteiger partial charge in [0.1, 0.15) is 5.82 Å². The molecular formula is C16H28N4O3. The van der Waals surface area contributed by atoms with Gasteiger partial charge in [-0.3, -0.25) is 19.1 Å². The largest absolute Gasteiger partial charge is 0.383 e. The summed E-state index contributed by atoms with van der Waals surface area (Å²) in [6.45, 7) is 8.66. The maximum atomic E-state index is 12.3. The van der Waals surface area contributed by atoms with Crippen LogP contribution in [0.2, 0.25) is 0 Å². The Bertz CT molecular complexity index is 646. The third-order valence-electron chi connectivity index (χ3n) is 3.75. The van der Waals surface area contributed by atoms with Crippen molar-refractivity contribution >= 4 is 17.4 Å². The quantitative estimate of drug-likeness (QED) is 0.760. The first-order valence-corrected chi connectivity index (χ1v) is 8.26. The molecule has 0 aromatic carbocycles. The number of nitrogens with zero attached hydrogens (tertiary/aromatic N) is 2.